The van der Waals surface area contributed by atoms with Crippen LogP contribution in [0.5, 0.6) is 0 Å². The van der Waals surface area contributed by atoms with Gasteiger partial charge < -0.3 is 18.6 Å². The van der Waals surface area contributed by atoms with Crippen molar-refractivity contribution >= 4 is 93.3 Å². The van der Waals surface area contributed by atoms with E-state index in [2.05, 4.69) is 273 Å². The molecule has 0 radical (unpaired) electrons. The molecule has 0 aliphatic rings. The van der Waals surface area contributed by atoms with E-state index in [-0.39, 0.29) is 0 Å². The van der Waals surface area contributed by atoms with Crippen LogP contribution in [0, 0.1) is 0 Å². The maximum atomic E-state index is 2.49. The minimum atomic E-state index is 1.06. The zero-order valence-electron chi connectivity index (χ0n) is 37.0. The fourth-order valence-corrected chi connectivity index (χ4v) is 11.1. The average molecular weight is 867 g/mol. The van der Waals surface area contributed by atoms with Crippen LogP contribution in [0.4, 0.5) is 17.1 Å². The Morgan fingerprint density at radius 1 is 0.265 bits per heavy atom. The lowest BCUT2D eigenvalue weighted by molar-refractivity contribution is 1.17. The third-order valence-electron chi connectivity index (χ3n) is 14.0. The monoisotopic (exact) mass is 866 g/mol. The zero-order chi connectivity index (χ0) is 44.7. The molecule has 0 unspecified atom stereocenters. The Hall–Kier alpha value is -9.12. The Labute approximate surface area is 393 Å². The second kappa shape index (κ2) is 15.2. The Kier molecular flexibility index (Phi) is 8.55. The van der Waals surface area contributed by atoms with Crippen LogP contribution in [0.25, 0.3) is 104 Å². The standard InChI is InChI=1S/C64H42N4/c1-3-21-45(22-4-1)66-61-34-15-12-29-55(61)57-42-47(37-38-63(57)66)65(58-36-17-20-43-19-7-8-25-50(43)58)48-39-44(40-49(41-48)67-59-32-13-9-26-52(59)53-27-10-14-33-60(53)67)51-30-18-31-56-54-28-11-16-35-62(54)68(64(51)56)46-23-5-2-6-24-46/h1-42H. The minimum Gasteiger partial charge on any atom is -0.310 e. The van der Waals surface area contributed by atoms with Gasteiger partial charge in [0.15, 0.2) is 0 Å². The summed E-state index contributed by atoms with van der Waals surface area (Å²) in [6, 6.07) is 93.3. The van der Waals surface area contributed by atoms with Gasteiger partial charge in [-0.2, -0.15) is 0 Å². The summed E-state index contributed by atoms with van der Waals surface area (Å²) in [7, 11) is 0. The fraction of sp³-hybridized carbons (Fsp3) is 0. The Balaban J connectivity index is 1.11. The number of hydrogen-bond acceptors (Lipinski definition) is 1. The third kappa shape index (κ3) is 5.81. The van der Waals surface area contributed by atoms with Crippen LogP contribution in [0.1, 0.15) is 0 Å². The lowest BCUT2D eigenvalue weighted by atomic mass is 9.99. The topological polar surface area (TPSA) is 18.0 Å². The van der Waals surface area contributed by atoms with E-state index in [1.54, 1.807) is 0 Å². The van der Waals surface area contributed by atoms with Crippen LogP contribution in [0.2, 0.25) is 0 Å². The molecule has 0 saturated heterocycles. The number of benzene rings is 11. The van der Waals surface area contributed by atoms with Crippen LogP contribution >= 0.6 is 0 Å². The molecule has 0 saturated carbocycles. The highest BCUT2D eigenvalue weighted by Gasteiger charge is 2.23. The van der Waals surface area contributed by atoms with E-state index in [4.69, 9.17) is 0 Å². The van der Waals surface area contributed by atoms with Gasteiger partial charge in [-0.05, 0) is 102 Å². The number of nitrogens with zero attached hydrogens (tertiary/aromatic N) is 4. The fourth-order valence-electron chi connectivity index (χ4n) is 11.1. The molecular weight excluding hydrogens is 825 g/mol. The number of para-hydroxylation sites is 7. The first-order chi connectivity index (χ1) is 33.8. The lowest BCUT2D eigenvalue weighted by Gasteiger charge is -2.28. The van der Waals surface area contributed by atoms with Crippen LogP contribution in [-0.2, 0) is 0 Å². The van der Waals surface area contributed by atoms with Crippen molar-refractivity contribution in [2.75, 3.05) is 4.90 Å². The molecule has 11 aromatic carbocycles. The van der Waals surface area contributed by atoms with Crippen LogP contribution in [-0.4, -0.2) is 13.7 Å². The molecule has 0 fully saturated rings. The molecule has 68 heavy (non-hydrogen) atoms. The molecule has 4 heteroatoms. The van der Waals surface area contributed by atoms with E-state index in [0.717, 1.165) is 45.3 Å². The second-order valence-corrected chi connectivity index (χ2v) is 17.7. The van der Waals surface area contributed by atoms with Gasteiger partial charge in [-0.25, -0.2) is 0 Å². The van der Waals surface area contributed by atoms with Gasteiger partial charge in [0.25, 0.3) is 0 Å². The predicted molar refractivity (Wildman–Crippen MR) is 287 cm³/mol. The van der Waals surface area contributed by atoms with E-state index in [9.17, 15) is 0 Å². The summed E-state index contributed by atoms with van der Waals surface area (Å²) in [5.74, 6) is 0. The number of rotatable bonds is 7. The minimum absolute atomic E-state index is 1.06. The zero-order valence-corrected chi connectivity index (χ0v) is 37.0. The molecule has 0 aliphatic carbocycles. The van der Waals surface area contributed by atoms with Crippen LogP contribution in [0.15, 0.2) is 255 Å². The van der Waals surface area contributed by atoms with Gasteiger partial charge in [0.1, 0.15) is 0 Å². The van der Waals surface area contributed by atoms with Crippen molar-refractivity contribution in [1.82, 2.24) is 13.7 Å². The van der Waals surface area contributed by atoms with Crippen LogP contribution < -0.4 is 4.90 Å². The first-order valence-corrected chi connectivity index (χ1v) is 23.3. The smallest absolute Gasteiger partial charge is 0.0619 e. The van der Waals surface area contributed by atoms with Gasteiger partial charge in [0.05, 0.1) is 38.8 Å². The summed E-state index contributed by atoms with van der Waals surface area (Å²) in [6.45, 7) is 0. The van der Waals surface area contributed by atoms with Crippen LogP contribution in [0.3, 0.4) is 0 Å². The first kappa shape index (κ1) is 38.2. The van der Waals surface area contributed by atoms with Crippen molar-refractivity contribution in [1.29, 1.82) is 0 Å². The summed E-state index contributed by atoms with van der Waals surface area (Å²) < 4.78 is 7.30. The molecule has 3 aromatic heterocycles. The quantitative estimate of drug-likeness (QED) is 0.156. The van der Waals surface area contributed by atoms with Gasteiger partial charge in [-0.3, -0.25) is 0 Å². The summed E-state index contributed by atoms with van der Waals surface area (Å²) in [5.41, 5.74) is 15.9. The van der Waals surface area contributed by atoms with Gasteiger partial charge >= 0.3 is 0 Å². The highest BCUT2D eigenvalue weighted by molar-refractivity contribution is 6.15. The van der Waals surface area contributed by atoms with Gasteiger partial charge in [-0.1, -0.05) is 164 Å². The normalized spacial score (nSPS) is 11.8. The van der Waals surface area contributed by atoms with Crippen molar-refractivity contribution in [3.63, 3.8) is 0 Å². The Morgan fingerprint density at radius 2 is 0.735 bits per heavy atom. The average Bonchev–Trinajstić information content (AvgIpc) is 4.05. The Bertz CT molecular complexity index is 4210. The molecule has 3 heterocycles. The first-order valence-electron chi connectivity index (χ1n) is 23.3. The number of aromatic nitrogens is 3. The summed E-state index contributed by atoms with van der Waals surface area (Å²) in [4.78, 5) is 2.49. The van der Waals surface area contributed by atoms with Gasteiger partial charge in [0, 0.05) is 71.7 Å². The SMILES string of the molecule is c1ccc(-n2c3ccccc3c3cc(N(c4cc(-c5cccc6c7ccccc7n(-c7ccccc7)c56)cc(-n5c6ccccc6c6ccccc65)c4)c4cccc5ccccc45)ccc32)cc1. The number of fused-ring (bicyclic) bond motifs is 10. The van der Waals surface area contributed by atoms with E-state index >= 15 is 0 Å². The molecule has 0 aliphatic heterocycles. The van der Waals surface area contributed by atoms with E-state index in [1.165, 1.54) is 76.2 Å². The van der Waals surface area contributed by atoms with E-state index in [0.29, 0.717) is 0 Å². The molecule has 4 nitrogen and oxygen atoms in total. The summed E-state index contributed by atoms with van der Waals surface area (Å²) >= 11 is 0. The van der Waals surface area contributed by atoms with Crippen molar-refractivity contribution in [3.8, 4) is 28.2 Å². The molecular formula is C64H42N4. The number of hydrogen-bond donors (Lipinski definition) is 0. The van der Waals surface area contributed by atoms with E-state index in [1.807, 2.05) is 0 Å². The van der Waals surface area contributed by atoms with Gasteiger partial charge in [-0.15, -0.1) is 0 Å². The largest absolute Gasteiger partial charge is 0.310 e. The van der Waals surface area contributed by atoms with Crippen molar-refractivity contribution < 1.29 is 0 Å². The van der Waals surface area contributed by atoms with Crippen molar-refractivity contribution in [2.45, 2.75) is 0 Å². The molecule has 0 spiro atoms. The molecule has 0 N–H and O–H groups in total. The predicted octanol–water partition coefficient (Wildman–Crippen LogP) is 17.3. The molecule has 14 rings (SSSR count). The molecule has 0 amide bonds. The highest BCUT2D eigenvalue weighted by Crippen LogP contribution is 2.46. The third-order valence-corrected chi connectivity index (χ3v) is 14.0. The van der Waals surface area contributed by atoms with Crippen molar-refractivity contribution in [3.05, 3.63) is 255 Å². The Morgan fingerprint density at radius 3 is 1.40 bits per heavy atom. The molecule has 318 valence electrons. The molecule has 14 aromatic rings. The van der Waals surface area contributed by atoms with E-state index < -0.39 is 0 Å². The maximum absolute atomic E-state index is 2.49. The molecule has 0 atom stereocenters. The lowest BCUT2D eigenvalue weighted by Crippen LogP contribution is -2.11. The molecule has 0 bridgehead atoms. The van der Waals surface area contributed by atoms with Gasteiger partial charge in [0.2, 0.25) is 0 Å². The summed E-state index contributed by atoms with van der Waals surface area (Å²) in [6.07, 6.45) is 0. The second-order valence-electron chi connectivity index (χ2n) is 17.7. The number of anilines is 3. The van der Waals surface area contributed by atoms with Crippen molar-refractivity contribution in [2.24, 2.45) is 0 Å². The highest BCUT2D eigenvalue weighted by atomic mass is 15.1. The summed E-state index contributed by atoms with van der Waals surface area (Å²) in [5, 5.41) is 9.68. The maximum Gasteiger partial charge on any atom is 0.0619 e.